The van der Waals surface area contributed by atoms with Crippen molar-refractivity contribution in [2.45, 2.75) is 39.3 Å². The van der Waals surface area contributed by atoms with Crippen LogP contribution < -0.4 is 11.1 Å². The molecule has 0 aromatic heterocycles. The summed E-state index contributed by atoms with van der Waals surface area (Å²) in [6.07, 6.45) is 2.59. The molecule has 0 spiro atoms. The predicted molar refractivity (Wildman–Crippen MR) is 86.1 cm³/mol. The van der Waals surface area contributed by atoms with Crippen molar-refractivity contribution >= 4 is 5.91 Å². The third-order valence-electron chi connectivity index (χ3n) is 4.10. The van der Waals surface area contributed by atoms with Crippen LogP contribution in [0, 0.1) is 5.92 Å². The van der Waals surface area contributed by atoms with Crippen LogP contribution in [0.1, 0.15) is 42.6 Å². The molecule has 1 aliphatic rings. The first-order chi connectivity index (χ1) is 10.1. The van der Waals surface area contributed by atoms with Gasteiger partial charge in [0.2, 0.25) is 0 Å². The lowest BCUT2D eigenvalue weighted by molar-refractivity contribution is 0.0920. The summed E-state index contributed by atoms with van der Waals surface area (Å²) in [7, 11) is 0. The van der Waals surface area contributed by atoms with Crippen molar-refractivity contribution in [3.05, 3.63) is 35.4 Å². The quantitative estimate of drug-likeness (QED) is 0.871. The normalized spacial score (nSPS) is 21.0. The van der Waals surface area contributed by atoms with Crippen molar-refractivity contribution < 1.29 is 4.79 Å². The van der Waals surface area contributed by atoms with Gasteiger partial charge in [0.25, 0.3) is 5.91 Å². The molecule has 116 valence electrons. The zero-order valence-corrected chi connectivity index (χ0v) is 13.1. The highest BCUT2D eigenvalue weighted by molar-refractivity contribution is 5.94. The second-order valence-corrected chi connectivity index (χ2v) is 6.28. The van der Waals surface area contributed by atoms with E-state index in [0.717, 1.165) is 31.1 Å². The number of piperidine rings is 1. The van der Waals surface area contributed by atoms with Gasteiger partial charge in [-0.3, -0.25) is 4.79 Å². The first kappa shape index (κ1) is 16.0. The third-order valence-corrected chi connectivity index (χ3v) is 4.10. The average Bonchev–Trinajstić information content (AvgIpc) is 2.47. The Morgan fingerprint density at radius 1 is 1.43 bits per heavy atom. The van der Waals surface area contributed by atoms with Gasteiger partial charge in [0.1, 0.15) is 0 Å². The zero-order chi connectivity index (χ0) is 15.2. The van der Waals surface area contributed by atoms with Gasteiger partial charge in [0, 0.05) is 31.2 Å². The van der Waals surface area contributed by atoms with E-state index in [1.54, 1.807) is 0 Å². The Kier molecular flexibility index (Phi) is 5.76. The van der Waals surface area contributed by atoms with E-state index in [4.69, 9.17) is 5.73 Å². The van der Waals surface area contributed by atoms with Gasteiger partial charge in [0.15, 0.2) is 0 Å². The molecule has 4 nitrogen and oxygen atoms in total. The first-order valence-corrected chi connectivity index (χ1v) is 7.90. The number of nitrogens with one attached hydrogen (secondary N) is 1. The number of carbonyl (C=O) groups is 1. The average molecular weight is 289 g/mol. The maximum atomic E-state index is 12.2. The Morgan fingerprint density at radius 3 is 2.76 bits per heavy atom. The molecule has 2 unspecified atom stereocenters. The van der Waals surface area contributed by atoms with E-state index in [1.165, 1.54) is 12.8 Å². The van der Waals surface area contributed by atoms with Crippen LogP contribution in [0.15, 0.2) is 24.3 Å². The maximum Gasteiger partial charge on any atom is 0.251 e. The van der Waals surface area contributed by atoms with Crippen molar-refractivity contribution in [3.63, 3.8) is 0 Å². The van der Waals surface area contributed by atoms with E-state index >= 15 is 0 Å². The zero-order valence-electron chi connectivity index (χ0n) is 13.1. The highest BCUT2D eigenvalue weighted by atomic mass is 16.1. The Morgan fingerprint density at radius 2 is 2.14 bits per heavy atom. The van der Waals surface area contributed by atoms with E-state index in [2.05, 4.69) is 24.1 Å². The number of rotatable bonds is 5. The van der Waals surface area contributed by atoms with Crippen molar-refractivity contribution in [3.8, 4) is 0 Å². The smallest absolute Gasteiger partial charge is 0.251 e. The minimum absolute atomic E-state index is 0.00358. The first-order valence-electron chi connectivity index (χ1n) is 7.90. The van der Waals surface area contributed by atoms with Gasteiger partial charge in [-0.2, -0.15) is 0 Å². The third kappa shape index (κ3) is 4.83. The van der Waals surface area contributed by atoms with Crippen LogP contribution in [0.3, 0.4) is 0 Å². The van der Waals surface area contributed by atoms with E-state index in [1.807, 2.05) is 24.3 Å². The fourth-order valence-corrected chi connectivity index (χ4v) is 2.98. The molecule has 0 radical (unpaired) electrons. The van der Waals surface area contributed by atoms with Gasteiger partial charge in [-0.1, -0.05) is 19.1 Å². The summed E-state index contributed by atoms with van der Waals surface area (Å²) in [5.74, 6) is 0.765. The summed E-state index contributed by atoms with van der Waals surface area (Å²) >= 11 is 0. The molecule has 1 aromatic rings. The van der Waals surface area contributed by atoms with Gasteiger partial charge in [-0.05, 0) is 49.9 Å². The van der Waals surface area contributed by atoms with Crippen LogP contribution in [-0.4, -0.2) is 36.5 Å². The summed E-state index contributed by atoms with van der Waals surface area (Å²) < 4.78 is 0. The molecule has 4 heteroatoms. The van der Waals surface area contributed by atoms with Crippen molar-refractivity contribution in [1.82, 2.24) is 10.2 Å². The Bertz CT molecular complexity index is 458. The lowest BCUT2D eigenvalue weighted by Crippen LogP contribution is -2.45. The number of hydrogen-bond acceptors (Lipinski definition) is 3. The fraction of sp³-hybridized carbons (Fsp3) is 0.588. The molecule has 3 N–H and O–H groups in total. The van der Waals surface area contributed by atoms with Crippen LogP contribution >= 0.6 is 0 Å². The van der Waals surface area contributed by atoms with Gasteiger partial charge in [-0.25, -0.2) is 0 Å². The molecule has 1 aliphatic heterocycles. The monoisotopic (exact) mass is 289 g/mol. The molecule has 1 fully saturated rings. The molecule has 2 rings (SSSR count). The van der Waals surface area contributed by atoms with Gasteiger partial charge in [-0.15, -0.1) is 0 Å². The molecule has 0 bridgehead atoms. The summed E-state index contributed by atoms with van der Waals surface area (Å²) in [4.78, 5) is 14.7. The van der Waals surface area contributed by atoms with Crippen LogP contribution in [0.25, 0.3) is 0 Å². The predicted octanol–water partition coefficient (Wildman–Crippen LogP) is 2.00. The van der Waals surface area contributed by atoms with Crippen LogP contribution in [0.5, 0.6) is 0 Å². The minimum Gasteiger partial charge on any atom is -0.348 e. The second kappa shape index (κ2) is 7.57. The number of benzene rings is 1. The molecule has 1 heterocycles. The SMILES string of the molecule is CC1CCCN(CC(C)NC(=O)c2ccc(CN)cc2)C1. The molecule has 1 aromatic carbocycles. The van der Waals surface area contributed by atoms with Crippen LogP contribution in [-0.2, 0) is 6.54 Å². The maximum absolute atomic E-state index is 12.2. The number of carbonyl (C=O) groups excluding carboxylic acids is 1. The van der Waals surface area contributed by atoms with E-state index < -0.39 is 0 Å². The van der Waals surface area contributed by atoms with E-state index in [0.29, 0.717) is 12.1 Å². The Hall–Kier alpha value is -1.39. The minimum atomic E-state index is -0.00358. The van der Waals surface area contributed by atoms with Crippen LogP contribution in [0.2, 0.25) is 0 Å². The molecule has 0 saturated carbocycles. The highest BCUT2D eigenvalue weighted by Crippen LogP contribution is 2.15. The van der Waals surface area contributed by atoms with E-state index in [-0.39, 0.29) is 11.9 Å². The summed E-state index contributed by atoms with van der Waals surface area (Å²) in [5.41, 5.74) is 7.31. The van der Waals surface area contributed by atoms with Crippen molar-refractivity contribution in [1.29, 1.82) is 0 Å². The number of nitrogens with zero attached hydrogens (tertiary/aromatic N) is 1. The van der Waals surface area contributed by atoms with Gasteiger partial charge in [0.05, 0.1) is 0 Å². The largest absolute Gasteiger partial charge is 0.348 e. The standard InChI is InChI=1S/C17H27N3O/c1-13-4-3-9-20(11-13)12-14(2)19-17(21)16-7-5-15(10-18)6-8-16/h5-8,13-14H,3-4,9-12,18H2,1-2H3,(H,19,21). The second-order valence-electron chi connectivity index (χ2n) is 6.28. The Balaban J connectivity index is 1.83. The van der Waals surface area contributed by atoms with Gasteiger partial charge < -0.3 is 16.0 Å². The summed E-state index contributed by atoms with van der Waals surface area (Å²) in [6.45, 7) is 8.10. The molecule has 0 aliphatic carbocycles. The van der Waals surface area contributed by atoms with E-state index in [9.17, 15) is 4.79 Å². The highest BCUT2D eigenvalue weighted by Gasteiger charge is 2.19. The molecular weight excluding hydrogens is 262 g/mol. The molecular formula is C17H27N3O. The molecule has 2 atom stereocenters. The summed E-state index contributed by atoms with van der Waals surface area (Å²) in [5, 5.41) is 3.08. The lowest BCUT2D eigenvalue weighted by atomic mass is 10.00. The van der Waals surface area contributed by atoms with Gasteiger partial charge >= 0.3 is 0 Å². The van der Waals surface area contributed by atoms with Crippen LogP contribution in [0.4, 0.5) is 0 Å². The lowest BCUT2D eigenvalue weighted by Gasteiger charge is -2.32. The number of hydrogen-bond donors (Lipinski definition) is 2. The van der Waals surface area contributed by atoms with Crippen molar-refractivity contribution in [2.75, 3.05) is 19.6 Å². The molecule has 1 saturated heterocycles. The summed E-state index contributed by atoms with van der Waals surface area (Å²) in [6, 6.07) is 7.66. The number of nitrogens with two attached hydrogens (primary N) is 1. The fourth-order valence-electron chi connectivity index (χ4n) is 2.98. The molecule has 21 heavy (non-hydrogen) atoms. The van der Waals surface area contributed by atoms with Crippen molar-refractivity contribution in [2.24, 2.45) is 11.7 Å². The number of amides is 1. The topological polar surface area (TPSA) is 58.4 Å². The Labute approximate surface area is 127 Å². The molecule has 1 amide bonds. The number of likely N-dealkylation sites (tertiary alicyclic amines) is 1.